The van der Waals surface area contributed by atoms with Crippen molar-refractivity contribution in [1.82, 2.24) is 5.32 Å². The van der Waals surface area contributed by atoms with E-state index in [0.717, 1.165) is 18.6 Å². The summed E-state index contributed by atoms with van der Waals surface area (Å²) in [6, 6.07) is 9.34. The van der Waals surface area contributed by atoms with Gasteiger partial charge in [-0.25, -0.2) is 0 Å². The quantitative estimate of drug-likeness (QED) is 0.374. The zero-order valence-electron chi connectivity index (χ0n) is 16.0. The number of amides is 1. The van der Waals surface area contributed by atoms with Gasteiger partial charge in [-0.15, -0.1) is 0 Å². The molecule has 5 nitrogen and oxygen atoms in total. The van der Waals surface area contributed by atoms with Crippen molar-refractivity contribution in [3.05, 3.63) is 30.3 Å². The van der Waals surface area contributed by atoms with Gasteiger partial charge in [-0.05, 0) is 18.6 Å². The van der Waals surface area contributed by atoms with E-state index in [1.165, 1.54) is 38.5 Å². The van der Waals surface area contributed by atoms with Gasteiger partial charge in [0.15, 0.2) is 0 Å². The molecule has 146 valence electrons. The minimum atomic E-state index is -0.439. The van der Waals surface area contributed by atoms with Crippen molar-refractivity contribution < 1.29 is 19.1 Å². The van der Waals surface area contributed by atoms with Gasteiger partial charge in [0.25, 0.3) is 0 Å². The summed E-state index contributed by atoms with van der Waals surface area (Å²) in [5.41, 5.74) is 0. The molecule has 0 saturated heterocycles. The largest absolute Gasteiger partial charge is 0.490 e. The van der Waals surface area contributed by atoms with Crippen LogP contribution >= 0.6 is 0 Å². The molecule has 0 spiro atoms. The molecule has 0 atom stereocenters. The lowest BCUT2D eigenvalue weighted by molar-refractivity contribution is -0.144. The number of nitrogens with one attached hydrogen (secondary N) is 1. The second-order valence-corrected chi connectivity index (χ2v) is 6.38. The third-order valence-electron chi connectivity index (χ3n) is 4.05. The van der Waals surface area contributed by atoms with Crippen LogP contribution in [0.3, 0.4) is 0 Å². The number of ether oxygens (including phenoxy) is 2. The van der Waals surface area contributed by atoms with Crippen LogP contribution < -0.4 is 10.1 Å². The number of hydrogen-bond donors (Lipinski definition) is 1. The summed E-state index contributed by atoms with van der Waals surface area (Å²) in [6.45, 7) is 2.59. The van der Waals surface area contributed by atoms with Crippen LogP contribution in [-0.4, -0.2) is 31.6 Å². The third kappa shape index (κ3) is 12.3. The molecule has 0 unspecified atom stereocenters. The second kappa shape index (κ2) is 15.2. The Morgan fingerprint density at radius 2 is 1.54 bits per heavy atom. The maximum absolute atomic E-state index is 11.7. The van der Waals surface area contributed by atoms with Crippen LogP contribution in [0.5, 0.6) is 5.75 Å². The van der Waals surface area contributed by atoms with Crippen molar-refractivity contribution in [2.24, 2.45) is 0 Å². The molecule has 0 radical (unpaired) electrons. The summed E-state index contributed by atoms with van der Waals surface area (Å²) in [4.78, 5) is 23.3. The monoisotopic (exact) mass is 363 g/mol. The highest BCUT2D eigenvalue weighted by molar-refractivity contribution is 5.81. The van der Waals surface area contributed by atoms with Gasteiger partial charge in [0, 0.05) is 6.42 Å². The van der Waals surface area contributed by atoms with Crippen molar-refractivity contribution in [2.75, 3.05) is 19.8 Å². The van der Waals surface area contributed by atoms with Crippen molar-refractivity contribution >= 4 is 11.9 Å². The minimum absolute atomic E-state index is 0.0822. The average molecular weight is 363 g/mol. The van der Waals surface area contributed by atoms with E-state index in [1.54, 1.807) is 0 Å². The molecule has 1 amide bonds. The SMILES string of the molecule is CCCCCCCCCCC(=O)NCC(=O)OCCOc1ccccc1. The first-order chi connectivity index (χ1) is 12.7. The van der Waals surface area contributed by atoms with Crippen LogP contribution in [0.25, 0.3) is 0 Å². The van der Waals surface area contributed by atoms with E-state index in [2.05, 4.69) is 12.2 Å². The lowest BCUT2D eigenvalue weighted by Gasteiger charge is -2.08. The molecule has 1 aromatic rings. The first-order valence-corrected chi connectivity index (χ1v) is 9.82. The molecule has 1 rings (SSSR count). The average Bonchev–Trinajstić information content (AvgIpc) is 2.66. The molecule has 5 heteroatoms. The molecule has 0 aromatic heterocycles. The predicted molar refractivity (Wildman–Crippen MR) is 103 cm³/mol. The maximum Gasteiger partial charge on any atom is 0.325 e. The van der Waals surface area contributed by atoms with Crippen LogP contribution in [0.2, 0.25) is 0 Å². The maximum atomic E-state index is 11.7. The van der Waals surface area contributed by atoms with Gasteiger partial charge in [-0.2, -0.15) is 0 Å². The normalized spacial score (nSPS) is 10.3. The Labute approximate surface area is 157 Å². The Hall–Kier alpha value is -2.04. The molecular weight excluding hydrogens is 330 g/mol. The van der Waals surface area contributed by atoms with E-state index < -0.39 is 5.97 Å². The Balaban J connectivity index is 1.91. The minimum Gasteiger partial charge on any atom is -0.490 e. The van der Waals surface area contributed by atoms with Gasteiger partial charge in [-0.1, -0.05) is 70.1 Å². The fourth-order valence-corrected chi connectivity index (χ4v) is 2.56. The first-order valence-electron chi connectivity index (χ1n) is 9.82. The van der Waals surface area contributed by atoms with Crippen LogP contribution in [0.1, 0.15) is 64.7 Å². The predicted octanol–water partition coefficient (Wildman–Crippen LogP) is 4.26. The molecule has 0 fully saturated rings. The molecule has 0 aliphatic rings. The number of para-hydroxylation sites is 1. The van der Waals surface area contributed by atoms with E-state index in [1.807, 2.05) is 30.3 Å². The molecule has 0 heterocycles. The number of hydrogen-bond acceptors (Lipinski definition) is 4. The van der Waals surface area contributed by atoms with Crippen molar-refractivity contribution in [2.45, 2.75) is 64.7 Å². The highest BCUT2D eigenvalue weighted by atomic mass is 16.6. The lowest BCUT2D eigenvalue weighted by Crippen LogP contribution is -2.31. The molecule has 1 aromatic carbocycles. The van der Waals surface area contributed by atoms with Gasteiger partial charge in [0.05, 0.1) is 0 Å². The lowest BCUT2D eigenvalue weighted by atomic mass is 10.1. The number of rotatable bonds is 15. The first kappa shape index (κ1) is 22.0. The van der Waals surface area contributed by atoms with Crippen molar-refractivity contribution in [3.63, 3.8) is 0 Å². The standard InChI is InChI=1S/C21H33NO4/c1-2-3-4-5-6-7-8-12-15-20(23)22-18-21(24)26-17-16-25-19-13-10-9-11-14-19/h9-11,13-14H,2-8,12,15-18H2,1H3,(H,22,23). The summed E-state index contributed by atoms with van der Waals surface area (Å²) in [7, 11) is 0. The van der Waals surface area contributed by atoms with E-state index in [4.69, 9.17) is 9.47 Å². The summed E-state index contributed by atoms with van der Waals surface area (Å²) in [5, 5.41) is 2.61. The molecule has 0 aliphatic carbocycles. The second-order valence-electron chi connectivity index (χ2n) is 6.38. The topological polar surface area (TPSA) is 64.6 Å². The van der Waals surface area contributed by atoms with Crippen LogP contribution in [-0.2, 0) is 14.3 Å². The third-order valence-corrected chi connectivity index (χ3v) is 4.05. The Morgan fingerprint density at radius 1 is 0.885 bits per heavy atom. The zero-order valence-corrected chi connectivity index (χ0v) is 16.0. The smallest absolute Gasteiger partial charge is 0.325 e. The number of benzene rings is 1. The summed E-state index contributed by atoms with van der Waals surface area (Å²) >= 11 is 0. The van der Waals surface area contributed by atoms with E-state index >= 15 is 0 Å². The molecule has 0 saturated carbocycles. The zero-order chi connectivity index (χ0) is 18.9. The van der Waals surface area contributed by atoms with E-state index in [9.17, 15) is 9.59 Å². The molecule has 0 aliphatic heterocycles. The van der Waals surface area contributed by atoms with Gasteiger partial charge < -0.3 is 14.8 Å². The van der Waals surface area contributed by atoms with Crippen LogP contribution in [0.4, 0.5) is 0 Å². The highest BCUT2D eigenvalue weighted by Gasteiger charge is 2.06. The summed E-state index contributed by atoms with van der Waals surface area (Å²) in [5.74, 6) is 0.210. The number of carbonyl (C=O) groups is 2. The van der Waals surface area contributed by atoms with Gasteiger partial charge in [-0.3, -0.25) is 9.59 Å². The highest BCUT2D eigenvalue weighted by Crippen LogP contribution is 2.09. The molecule has 0 bridgehead atoms. The summed E-state index contributed by atoms with van der Waals surface area (Å²) < 4.78 is 10.4. The Morgan fingerprint density at radius 3 is 2.23 bits per heavy atom. The number of esters is 1. The fraction of sp³-hybridized carbons (Fsp3) is 0.619. The molecule has 1 N–H and O–H groups in total. The van der Waals surface area contributed by atoms with Crippen molar-refractivity contribution in [3.8, 4) is 5.75 Å². The molecule has 26 heavy (non-hydrogen) atoms. The van der Waals surface area contributed by atoms with E-state index in [0.29, 0.717) is 13.0 Å². The Bertz CT molecular complexity index is 490. The van der Waals surface area contributed by atoms with Crippen LogP contribution in [0, 0.1) is 0 Å². The van der Waals surface area contributed by atoms with Crippen molar-refractivity contribution in [1.29, 1.82) is 0 Å². The van der Waals surface area contributed by atoms with Crippen LogP contribution in [0.15, 0.2) is 30.3 Å². The summed E-state index contributed by atoms with van der Waals surface area (Å²) in [6.07, 6.45) is 10.0. The van der Waals surface area contributed by atoms with Gasteiger partial charge in [0.2, 0.25) is 5.91 Å². The Kier molecular flexibility index (Phi) is 12.9. The fourth-order valence-electron chi connectivity index (χ4n) is 2.56. The number of carbonyl (C=O) groups excluding carboxylic acids is 2. The molecular formula is C21H33NO4. The van der Waals surface area contributed by atoms with E-state index in [-0.39, 0.29) is 19.1 Å². The number of unbranched alkanes of at least 4 members (excludes halogenated alkanes) is 7. The van der Waals surface area contributed by atoms with Gasteiger partial charge >= 0.3 is 5.97 Å². The van der Waals surface area contributed by atoms with Gasteiger partial charge in [0.1, 0.15) is 25.5 Å².